The maximum atomic E-state index is 5.78. The van der Waals surface area contributed by atoms with Gasteiger partial charge in [0, 0.05) is 4.90 Å². The third-order valence-corrected chi connectivity index (χ3v) is 3.65. The van der Waals surface area contributed by atoms with Crippen molar-refractivity contribution in [1.29, 1.82) is 0 Å². The van der Waals surface area contributed by atoms with E-state index in [-0.39, 0.29) is 0 Å². The molecule has 3 aromatic rings. The molecule has 0 amide bonds. The lowest BCUT2D eigenvalue weighted by Gasteiger charge is -2.08. The van der Waals surface area contributed by atoms with Gasteiger partial charge in [-0.25, -0.2) is 0 Å². The summed E-state index contributed by atoms with van der Waals surface area (Å²) in [6.45, 7) is 1.24. The standard InChI is InChI=1S/C18H16OS/c20-18-11-15(10-16-8-4-5-9-17(16)18)13-19-12-14-6-2-1-3-7-14/h1-11,20H,12-13H2. The second kappa shape index (κ2) is 6.12. The molecular weight excluding hydrogens is 264 g/mol. The summed E-state index contributed by atoms with van der Waals surface area (Å²) in [6.07, 6.45) is 0. The molecule has 20 heavy (non-hydrogen) atoms. The van der Waals surface area contributed by atoms with E-state index in [1.165, 1.54) is 16.3 Å². The van der Waals surface area contributed by atoms with Crippen molar-refractivity contribution >= 4 is 23.4 Å². The molecule has 0 fully saturated rings. The fourth-order valence-electron chi connectivity index (χ4n) is 2.30. The second-order valence-corrected chi connectivity index (χ2v) is 5.30. The second-order valence-electron chi connectivity index (χ2n) is 4.81. The highest BCUT2D eigenvalue weighted by atomic mass is 32.1. The van der Waals surface area contributed by atoms with Gasteiger partial charge in [-0.1, -0.05) is 54.6 Å². The van der Waals surface area contributed by atoms with Gasteiger partial charge >= 0.3 is 0 Å². The van der Waals surface area contributed by atoms with E-state index in [0.29, 0.717) is 13.2 Å². The van der Waals surface area contributed by atoms with Gasteiger partial charge in [0.15, 0.2) is 0 Å². The van der Waals surface area contributed by atoms with Gasteiger partial charge in [-0.2, -0.15) is 0 Å². The van der Waals surface area contributed by atoms with Crippen LogP contribution in [0, 0.1) is 0 Å². The summed E-state index contributed by atoms with van der Waals surface area (Å²) >= 11 is 4.56. The van der Waals surface area contributed by atoms with Gasteiger partial charge in [0.1, 0.15) is 0 Å². The van der Waals surface area contributed by atoms with Crippen LogP contribution in [0.5, 0.6) is 0 Å². The van der Waals surface area contributed by atoms with Gasteiger partial charge in [-0.3, -0.25) is 0 Å². The summed E-state index contributed by atoms with van der Waals surface area (Å²) in [7, 11) is 0. The van der Waals surface area contributed by atoms with Crippen LogP contribution in [0.3, 0.4) is 0 Å². The normalized spacial score (nSPS) is 10.8. The van der Waals surface area contributed by atoms with Crippen LogP contribution in [0.1, 0.15) is 11.1 Å². The van der Waals surface area contributed by atoms with Gasteiger partial charge in [-0.05, 0) is 34.0 Å². The molecular formula is C18H16OS. The predicted octanol–water partition coefficient (Wildman–Crippen LogP) is 4.85. The van der Waals surface area contributed by atoms with Crippen molar-refractivity contribution in [2.45, 2.75) is 18.1 Å². The minimum Gasteiger partial charge on any atom is -0.372 e. The summed E-state index contributed by atoms with van der Waals surface area (Å²) < 4.78 is 5.78. The fraction of sp³-hybridized carbons (Fsp3) is 0.111. The lowest BCUT2D eigenvalue weighted by Crippen LogP contribution is -1.94. The van der Waals surface area contributed by atoms with E-state index in [2.05, 4.69) is 49.0 Å². The summed E-state index contributed by atoms with van der Waals surface area (Å²) in [6, 6.07) is 22.7. The number of thiol groups is 1. The zero-order valence-electron chi connectivity index (χ0n) is 11.1. The number of rotatable bonds is 4. The molecule has 0 aliphatic rings. The summed E-state index contributed by atoms with van der Waals surface area (Å²) in [5.74, 6) is 0. The minimum atomic E-state index is 0.604. The Balaban J connectivity index is 1.72. The van der Waals surface area contributed by atoms with E-state index in [1.54, 1.807) is 0 Å². The van der Waals surface area contributed by atoms with Crippen LogP contribution in [-0.2, 0) is 18.0 Å². The van der Waals surface area contributed by atoms with Crippen molar-refractivity contribution < 1.29 is 4.74 Å². The first-order chi connectivity index (χ1) is 9.83. The highest BCUT2D eigenvalue weighted by Crippen LogP contribution is 2.24. The Kier molecular flexibility index (Phi) is 4.05. The molecule has 0 spiro atoms. The molecule has 0 heterocycles. The lowest BCUT2D eigenvalue weighted by atomic mass is 10.1. The van der Waals surface area contributed by atoms with Crippen LogP contribution in [-0.4, -0.2) is 0 Å². The van der Waals surface area contributed by atoms with Crippen molar-refractivity contribution in [3.8, 4) is 0 Å². The average molecular weight is 280 g/mol. The van der Waals surface area contributed by atoms with E-state index in [9.17, 15) is 0 Å². The van der Waals surface area contributed by atoms with Gasteiger partial charge in [0.2, 0.25) is 0 Å². The Morgan fingerprint density at radius 2 is 1.45 bits per heavy atom. The Morgan fingerprint density at radius 1 is 0.750 bits per heavy atom. The van der Waals surface area contributed by atoms with Crippen molar-refractivity contribution in [3.05, 3.63) is 77.9 Å². The predicted molar refractivity (Wildman–Crippen MR) is 86.1 cm³/mol. The lowest BCUT2D eigenvalue weighted by molar-refractivity contribution is 0.107. The number of hydrogen-bond acceptors (Lipinski definition) is 2. The number of hydrogen-bond donors (Lipinski definition) is 1. The van der Waals surface area contributed by atoms with E-state index >= 15 is 0 Å². The van der Waals surface area contributed by atoms with Crippen LogP contribution in [0.25, 0.3) is 10.8 Å². The number of fused-ring (bicyclic) bond motifs is 1. The fourth-order valence-corrected chi connectivity index (χ4v) is 2.66. The SMILES string of the molecule is Sc1cc(COCc2ccccc2)cc2ccccc12. The molecule has 0 bridgehead atoms. The molecule has 0 unspecified atom stereocenters. The van der Waals surface area contributed by atoms with Gasteiger partial charge in [-0.15, -0.1) is 12.6 Å². The molecule has 3 rings (SSSR count). The molecule has 0 atom stereocenters. The zero-order valence-corrected chi connectivity index (χ0v) is 12.0. The van der Waals surface area contributed by atoms with Crippen LogP contribution in [0.15, 0.2) is 71.6 Å². The quantitative estimate of drug-likeness (QED) is 0.672. The van der Waals surface area contributed by atoms with Crippen LogP contribution in [0.2, 0.25) is 0 Å². The van der Waals surface area contributed by atoms with Crippen LogP contribution < -0.4 is 0 Å². The summed E-state index contributed by atoms with van der Waals surface area (Å²) in [4.78, 5) is 1.00. The first-order valence-electron chi connectivity index (χ1n) is 6.65. The molecule has 0 aliphatic carbocycles. The van der Waals surface area contributed by atoms with Crippen LogP contribution in [0.4, 0.5) is 0 Å². The molecule has 100 valence electrons. The smallest absolute Gasteiger partial charge is 0.0722 e. The Morgan fingerprint density at radius 3 is 2.30 bits per heavy atom. The van der Waals surface area contributed by atoms with Crippen molar-refractivity contribution in [2.24, 2.45) is 0 Å². The van der Waals surface area contributed by atoms with Crippen molar-refractivity contribution in [1.82, 2.24) is 0 Å². The highest BCUT2D eigenvalue weighted by molar-refractivity contribution is 7.80. The third kappa shape index (κ3) is 3.03. The number of ether oxygens (including phenoxy) is 1. The van der Waals surface area contributed by atoms with Crippen LogP contribution >= 0.6 is 12.6 Å². The molecule has 0 aromatic heterocycles. The topological polar surface area (TPSA) is 9.23 Å². The molecule has 0 saturated carbocycles. The average Bonchev–Trinajstić information content (AvgIpc) is 2.48. The highest BCUT2D eigenvalue weighted by Gasteiger charge is 2.01. The Labute approximate surface area is 124 Å². The summed E-state index contributed by atoms with van der Waals surface area (Å²) in [5, 5.41) is 2.39. The molecule has 2 heteroatoms. The first-order valence-corrected chi connectivity index (χ1v) is 7.10. The zero-order chi connectivity index (χ0) is 13.8. The Hall–Kier alpha value is -1.77. The minimum absolute atomic E-state index is 0.604. The number of benzene rings is 3. The van der Waals surface area contributed by atoms with Crippen molar-refractivity contribution in [3.63, 3.8) is 0 Å². The maximum absolute atomic E-state index is 5.78. The molecule has 0 N–H and O–H groups in total. The van der Waals surface area contributed by atoms with Gasteiger partial charge in [0.05, 0.1) is 13.2 Å². The van der Waals surface area contributed by atoms with Gasteiger partial charge in [0.25, 0.3) is 0 Å². The van der Waals surface area contributed by atoms with Crippen molar-refractivity contribution in [2.75, 3.05) is 0 Å². The van der Waals surface area contributed by atoms with E-state index in [0.717, 1.165) is 10.5 Å². The van der Waals surface area contributed by atoms with Gasteiger partial charge < -0.3 is 4.74 Å². The molecule has 0 radical (unpaired) electrons. The molecule has 1 nitrogen and oxygen atoms in total. The first kappa shape index (κ1) is 13.2. The monoisotopic (exact) mass is 280 g/mol. The van der Waals surface area contributed by atoms with E-state index in [1.807, 2.05) is 30.3 Å². The largest absolute Gasteiger partial charge is 0.372 e. The van der Waals surface area contributed by atoms with E-state index < -0.39 is 0 Å². The summed E-state index contributed by atoms with van der Waals surface area (Å²) in [5.41, 5.74) is 2.35. The molecule has 0 saturated heterocycles. The molecule has 0 aliphatic heterocycles. The maximum Gasteiger partial charge on any atom is 0.0722 e. The Bertz CT molecular complexity index is 707. The third-order valence-electron chi connectivity index (χ3n) is 3.28. The van der Waals surface area contributed by atoms with E-state index in [4.69, 9.17) is 4.74 Å². The molecule has 3 aromatic carbocycles.